The van der Waals surface area contributed by atoms with Gasteiger partial charge < -0.3 is 14.0 Å². The lowest BCUT2D eigenvalue weighted by Gasteiger charge is -2.25. The van der Waals surface area contributed by atoms with Crippen LogP contribution in [0.4, 0.5) is 0 Å². The smallest absolute Gasteiger partial charge is 0.357 e. The van der Waals surface area contributed by atoms with Gasteiger partial charge in [0.25, 0.3) is 0 Å². The van der Waals surface area contributed by atoms with E-state index in [1.165, 1.54) is 0 Å². The molecule has 0 radical (unpaired) electrons. The van der Waals surface area contributed by atoms with Crippen molar-refractivity contribution in [2.75, 3.05) is 0 Å². The molecule has 24 heavy (non-hydrogen) atoms. The van der Waals surface area contributed by atoms with Gasteiger partial charge in [0.1, 0.15) is 17.4 Å². The number of imidazole rings is 1. The molecule has 128 valence electrons. The molecule has 1 unspecified atom stereocenters. The average Bonchev–Trinajstić information content (AvgIpc) is 2.98. The van der Waals surface area contributed by atoms with E-state index in [2.05, 4.69) is 4.98 Å². The number of nitrogens with zero attached hydrogens (tertiary/aromatic N) is 2. The SMILES string of the molecule is C[C@H](c1ccccc1)n1cncc1C(=O)OC(C)(C)C1OC1(C)C. The maximum Gasteiger partial charge on any atom is 0.357 e. The second kappa shape index (κ2) is 5.74. The molecule has 1 aromatic carbocycles. The summed E-state index contributed by atoms with van der Waals surface area (Å²) in [4.78, 5) is 16.8. The highest BCUT2D eigenvalue weighted by Gasteiger charge is 2.58. The number of benzene rings is 1. The van der Waals surface area contributed by atoms with Crippen molar-refractivity contribution < 1.29 is 14.3 Å². The topological polar surface area (TPSA) is 56.7 Å². The Kier molecular flexibility index (Phi) is 4.00. The molecule has 0 spiro atoms. The number of aromatic nitrogens is 2. The molecular formula is C19H24N2O3. The molecule has 0 aliphatic carbocycles. The highest BCUT2D eigenvalue weighted by molar-refractivity contribution is 5.87. The van der Waals surface area contributed by atoms with Gasteiger partial charge in [0.15, 0.2) is 0 Å². The fourth-order valence-corrected chi connectivity index (χ4v) is 3.26. The summed E-state index contributed by atoms with van der Waals surface area (Å²) in [5.74, 6) is -0.383. The molecule has 1 aliphatic heterocycles. The fraction of sp³-hybridized carbons (Fsp3) is 0.474. The first-order valence-electron chi connectivity index (χ1n) is 8.20. The first-order chi connectivity index (χ1) is 11.2. The van der Waals surface area contributed by atoms with Crippen molar-refractivity contribution in [2.24, 2.45) is 0 Å². The van der Waals surface area contributed by atoms with E-state index in [0.29, 0.717) is 5.69 Å². The van der Waals surface area contributed by atoms with Gasteiger partial charge in [0, 0.05) is 0 Å². The number of epoxide rings is 1. The van der Waals surface area contributed by atoms with E-state index in [0.717, 1.165) is 5.56 Å². The second-order valence-corrected chi connectivity index (χ2v) is 7.37. The van der Waals surface area contributed by atoms with Crippen LogP contribution in [0.1, 0.15) is 56.7 Å². The van der Waals surface area contributed by atoms with E-state index >= 15 is 0 Å². The molecule has 3 rings (SSSR count). The van der Waals surface area contributed by atoms with E-state index in [-0.39, 0.29) is 23.7 Å². The van der Waals surface area contributed by atoms with Crippen LogP contribution in [-0.2, 0) is 9.47 Å². The van der Waals surface area contributed by atoms with E-state index < -0.39 is 5.60 Å². The molecule has 1 saturated heterocycles. The van der Waals surface area contributed by atoms with E-state index in [9.17, 15) is 4.79 Å². The zero-order valence-electron chi connectivity index (χ0n) is 14.8. The predicted octanol–water partition coefficient (Wildman–Crippen LogP) is 3.61. The number of carbonyl (C=O) groups excluding carboxylic acids is 1. The minimum absolute atomic E-state index is 0.00650. The van der Waals surface area contributed by atoms with Crippen LogP contribution in [0.2, 0.25) is 0 Å². The quantitative estimate of drug-likeness (QED) is 0.621. The van der Waals surface area contributed by atoms with E-state index in [4.69, 9.17) is 9.47 Å². The summed E-state index contributed by atoms with van der Waals surface area (Å²) < 4.78 is 13.2. The molecule has 1 fully saturated rings. The fourth-order valence-electron chi connectivity index (χ4n) is 3.26. The van der Waals surface area contributed by atoms with Gasteiger partial charge in [-0.05, 0) is 40.2 Å². The van der Waals surface area contributed by atoms with E-state index in [1.54, 1.807) is 12.5 Å². The van der Waals surface area contributed by atoms with Gasteiger partial charge in [-0.15, -0.1) is 0 Å². The Morgan fingerprint density at radius 3 is 2.54 bits per heavy atom. The van der Waals surface area contributed by atoms with E-state index in [1.807, 2.05) is 69.5 Å². The minimum Gasteiger partial charge on any atom is -0.452 e. The number of carbonyl (C=O) groups is 1. The summed E-state index contributed by atoms with van der Waals surface area (Å²) in [6.07, 6.45) is 3.12. The van der Waals surface area contributed by atoms with Crippen molar-refractivity contribution in [2.45, 2.75) is 58.0 Å². The van der Waals surface area contributed by atoms with Gasteiger partial charge in [-0.1, -0.05) is 30.3 Å². The Morgan fingerprint density at radius 1 is 1.33 bits per heavy atom. The average molecular weight is 328 g/mol. The number of rotatable bonds is 5. The van der Waals surface area contributed by atoms with Crippen LogP contribution in [0.5, 0.6) is 0 Å². The van der Waals surface area contributed by atoms with Gasteiger partial charge in [-0.25, -0.2) is 9.78 Å². The molecule has 1 aromatic heterocycles. The predicted molar refractivity (Wildman–Crippen MR) is 90.9 cm³/mol. The van der Waals surface area contributed by atoms with Crippen molar-refractivity contribution in [3.05, 3.63) is 54.1 Å². The third-order valence-electron chi connectivity index (χ3n) is 4.56. The standard InChI is InChI=1S/C19H24N2O3/c1-13(14-9-7-6-8-10-14)21-12-20-11-15(21)16(22)23-18(2,3)17-19(4,5)24-17/h6-13,17H,1-5H3/t13-,17?/m1/s1. The Balaban J connectivity index is 1.79. The first-order valence-corrected chi connectivity index (χ1v) is 8.20. The Bertz CT molecular complexity index is 734. The molecule has 0 saturated carbocycles. The molecule has 2 aromatic rings. The summed E-state index contributed by atoms with van der Waals surface area (Å²) in [6, 6.07) is 9.99. The monoisotopic (exact) mass is 328 g/mol. The van der Waals surface area contributed by atoms with Gasteiger partial charge in [0.2, 0.25) is 0 Å². The minimum atomic E-state index is -0.689. The van der Waals surface area contributed by atoms with Crippen LogP contribution >= 0.6 is 0 Å². The normalized spacial score (nSPS) is 20.5. The maximum atomic E-state index is 12.7. The van der Waals surface area contributed by atoms with Crippen molar-refractivity contribution in [3.63, 3.8) is 0 Å². The zero-order chi connectivity index (χ0) is 17.5. The zero-order valence-corrected chi connectivity index (χ0v) is 14.8. The summed E-state index contributed by atoms with van der Waals surface area (Å²) in [5.41, 5.74) is 0.612. The molecular weight excluding hydrogens is 304 g/mol. The largest absolute Gasteiger partial charge is 0.452 e. The third-order valence-corrected chi connectivity index (χ3v) is 4.56. The van der Waals surface area contributed by atoms with Crippen LogP contribution in [0.25, 0.3) is 0 Å². The van der Waals surface area contributed by atoms with Crippen LogP contribution in [0.3, 0.4) is 0 Å². The summed E-state index contributed by atoms with van der Waals surface area (Å²) in [7, 11) is 0. The molecule has 0 bridgehead atoms. The Labute approximate surface area is 142 Å². The molecule has 0 N–H and O–H groups in total. The van der Waals surface area contributed by atoms with Gasteiger partial charge >= 0.3 is 5.97 Å². The molecule has 0 amide bonds. The van der Waals surface area contributed by atoms with Crippen LogP contribution in [0, 0.1) is 0 Å². The molecule has 2 atom stereocenters. The van der Waals surface area contributed by atoms with Crippen LogP contribution in [0.15, 0.2) is 42.9 Å². The Morgan fingerprint density at radius 2 is 1.96 bits per heavy atom. The lowest BCUT2D eigenvalue weighted by molar-refractivity contribution is -0.0144. The summed E-state index contributed by atoms with van der Waals surface area (Å²) >= 11 is 0. The number of ether oxygens (including phenoxy) is 2. The Hall–Kier alpha value is -2.14. The lowest BCUT2D eigenvalue weighted by atomic mass is 9.96. The molecule has 5 heteroatoms. The molecule has 2 heterocycles. The highest BCUT2D eigenvalue weighted by atomic mass is 16.7. The second-order valence-electron chi connectivity index (χ2n) is 7.37. The lowest BCUT2D eigenvalue weighted by Crippen LogP contribution is -2.37. The van der Waals surface area contributed by atoms with Crippen molar-refractivity contribution in [1.29, 1.82) is 0 Å². The van der Waals surface area contributed by atoms with Gasteiger partial charge in [-0.3, -0.25) is 0 Å². The maximum absolute atomic E-state index is 12.7. The van der Waals surface area contributed by atoms with Gasteiger partial charge in [-0.2, -0.15) is 0 Å². The molecule has 5 nitrogen and oxygen atoms in total. The van der Waals surface area contributed by atoms with Crippen LogP contribution < -0.4 is 0 Å². The molecule has 1 aliphatic rings. The van der Waals surface area contributed by atoms with Crippen molar-refractivity contribution >= 4 is 5.97 Å². The van der Waals surface area contributed by atoms with Crippen molar-refractivity contribution in [1.82, 2.24) is 9.55 Å². The highest BCUT2D eigenvalue weighted by Crippen LogP contribution is 2.44. The van der Waals surface area contributed by atoms with Gasteiger partial charge in [0.05, 0.1) is 24.2 Å². The first kappa shape index (κ1) is 16.7. The summed E-state index contributed by atoms with van der Waals surface area (Å²) in [5, 5.41) is 0. The third kappa shape index (κ3) is 3.08. The van der Waals surface area contributed by atoms with Crippen LogP contribution in [-0.4, -0.2) is 32.8 Å². The number of hydrogen-bond acceptors (Lipinski definition) is 4. The number of hydrogen-bond donors (Lipinski definition) is 0. The summed E-state index contributed by atoms with van der Waals surface area (Å²) in [6.45, 7) is 9.79. The number of esters is 1. The van der Waals surface area contributed by atoms with Crippen molar-refractivity contribution in [3.8, 4) is 0 Å².